The summed E-state index contributed by atoms with van der Waals surface area (Å²) in [5.41, 5.74) is 4.94. The second-order valence-corrected chi connectivity index (χ2v) is 12.7. The van der Waals surface area contributed by atoms with E-state index < -0.39 is 8.15 Å². The maximum absolute atomic E-state index is 11.7. The van der Waals surface area contributed by atoms with E-state index in [-0.39, 0.29) is 23.1 Å². The van der Waals surface area contributed by atoms with Crippen LogP contribution >= 0.6 is 8.15 Å². The molecule has 0 spiro atoms. The molecule has 0 aliphatic heterocycles. The highest BCUT2D eigenvalue weighted by molar-refractivity contribution is 7.51. The zero-order chi connectivity index (χ0) is 29.8. The first kappa shape index (κ1) is 39.9. The molecule has 0 aliphatic rings. The number of carbonyl (C=O) groups is 3. The molecule has 0 heterocycles. The van der Waals surface area contributed by atoms with Crippen LogP contribution in [0.4, 0.5) is 0 Å². The van der Waals surface area contributed by atoms with E-state index in [9.17, 15) is 14.4 Å². The Hall–Kier alpha value is -1.28. The number of unbranched alkanes of at least 4 members (excludes halogenated alkanes) is 8. The van der Waals surface area contributed by atoms with Crippen LogP contribution in [0.5, 0.6) is 0 Å². The number of amides is 3. The number of ether oxygens (including phenoxy) is 2. The lowest BCUT2D eigenvalue weighted by Crippen LogP contribution is -2.27. The van der Waals surface area contributed by atoms with E-state index in [1.54, 1.807) is 14.2 Å². The predicted octanol–water partition coefficient (Wildman–Crippen LogP) is 5.49. The summed E-state index contributed by atoms with van der Waals surface area (Å²) >= 11 is 0. The quantitative estimate of drug-likeness (QED) is 0.0972. The summed E-state index contributed by atoms with van der Waals surface area (Å²) in [6.45, 7) is 11.0. The van der Waals surface area contributed by atoms with Gasteiger partial charge in [0.15, 0.2) is 0 Å². The molecule has 0 bridgehead atoms. The van der Waals surface area contributed by atoms with Gasteiger partial charge < -0.3 is 30.4 Å². The molecule has 0 aromatic rings. The van der Waals surface area contributed by atoms with E-state index in [1.165, 1.54) is 19.3 Å². The molecule has 0 rings (SSSR count). The molecule has 0 saturated carbocycles. The summed E-state index contributed by atoms with van der Waals surface area (Å²) in [5, 5.41) is 5.94. The Morgan fingerprint density at radius 3 is 1.82 bits per heavy atom. The van der Waals surface area contributed by atoms with E-state index in [0.717, 1.165) is 71.1 Å². The average molecular weight is 578 g/mol. The fraction of sp³-hybridized carbons (Fsp3) is 0.897. The van der Waals surface area contributed by atoms with Crippen molar-refractivity contribution in [1.82, 2.24) is 10.6 Å². The second-order valence-electron chi connectivity index (χ2n) is 10.8. The van der Waals surface area contributed by atoms with Gasteiger partial charge in [0.25, 0.3) is 0 Å². The van der Waals surface area contributed by atoms with Gasteiger partial charge in [-0.25, -0.2) is 0 Å². The van der Waals surface area contributed by atoms with Gasteiger partial charge in [-0.15, -0.1) is 0 Å². The molecular formula is C29H60N3O6P. The fourth-order valence-corrected chi connectivity index (χ4v) is 4.14. The Morgan fingerprint density at radius 1 is 0.795 bits per heavy atom. The summed E-state index contributed by atoms with van der Waals surface area (Å²) in [6.07, 6.45) is 14.0. The predicted molar refractivity (Wildman–Crippen MR) is 162 cm³/mol. The van der Waals surface area contributed by atoms with E-state index in [2.05, 4.69) is 17.6 Å². The Bertz CT molecular complexity index is 608. The summed E-state index contributed by atoms with van der Waals surface area (Å²) in [7, 11) is 2.92. The van der Waals surface area contributed by atoms with Crippen molar-refractivity contribution in [3.05, 3.63) is 0 Å². The summed E-state index contributed by atoms with van der Waals surface area (Å²) in [5.74, 6) is 0.0282. The minimum atomic E-state index is -0.490. The molecule has 0 saturated heterocycles. The van der Waals surface area contributed by atoms with Gasteiger partial charge in [-0.2, -0.15) is 0 Å². The number of rotatable bonds is 25. The monoisotopic (exact) mass is 577 g/mol. The van der Waals surface area contributed by atoms with Gasteiger partial charge in [0.2, 0.25) is 17.7 Å². The standard InChI is InChI=1S/C20H40N2O3.C9H20NO3P/c1-3-4-9-14-19(23)22-17-12-8-10-15-20(24)21-16-11-6-5-7-13-18-25-2;1-9(2,5-8(10)11)6-13-7-14(4)12-3/h3-18H2,1-2H3,(H,21,24)(H,22,23);5-7H2,1-4H3,(H2,10,11). The highest BCUT2D eigenvalue weighted by Gasteiger charge is 2.21. The molecule has 3 amide bonds. The molecule has 0 fully saturated rings. The SMILES string of the molecule is CCCCCC(=O)NCCCCCC(=O)NCCCCCCCOC.COP(C)COCC(C)(C)CC(N)=O. The van der Waals surface area contributed by atoms with Crippen molar-refractivity contribution in [2.45, 2.75) is 111 Å². The zero-order valence-corrected chi connectivity index (χ0v) is 26.8. The van der Waals surface area contributed by atoms with Gasteiger partial charge in [-0.1, -0.05) is 59.3 Å². The van der Waals surface area contributed by atoms with Crippen LogP contribution in [0, 0.1) is 5.41 Å². The van der Waals surface area contributed by atoms with Crippen molar-refractivity contribution in [2.75, 3.05) is 53.5 Å². The molecule has 0 aromatic heterocycles. The third-order valence-corrected chi connectivity index (χ3v) is 7.16. The van der Waals surface area contributed by atoms with Crippen LogP contribution in [-0.4, -0.2) is 71.3 Å². The average Bonchev–Trinajstić information content (AvgIpc) is 2.87. The zero-order valence-electron chi connectivity index (χ0n) is 25.9. The van der Waals surface area contributed by atoms with Crippen molar-refractivity contribution in [3.8, 4) is 0 Å². The number of nitrogens with one attached hydrogen (secondary N) is 2. The smallest absolute Gasteiger partial charge is 0.219 e. The minimum absolute atomic E-state index is 0.156. The molecule has 39 heavy (non-hydrogen) atoms. The van der Waals surface area contributed by atoms with Crippen LogP contribution in [0.25, 0.3) is 0 Å². The normalized spacial score (nSPS) is 11.8. The lowest BCUT2D eigenvalue weighted by molar-refractivity contribution is -0.122. The molecule has 1 unspecified atom stereocenters. The number of nitrogens with two attached hydrogens (primary N) is 1. The van der Waals surface area contributed by atoms with Gasteiger partial charge >= 0.3 is 0 Å². The molecular weight excluding hydrogens is 517 g/mol. The van der Waals surface area contributed by atoms with Crippen LogP contribution in [0.1, 0.15) is 111 Å². The molecule has 4 N–H and O–H groups in total. The minimum Gasteiger partial charge on any atom is -0.385 e. The Kier molecular flexibility index (Phi) is 28.9. The number of primary amides is 1. The van der Waals surface area contributed by atoms with Crippen LogP contribution < -0.4 is 16.4 Å². The first-order valence-corrected chi connectivity index (χ1v) is 16.6. The third-order valence-electron chi connectivity index (χ3n) is 5.99. The molecule has 10 heteroatoms. The van der Waals surface area contributed by atoms with Crippen molar-refractivity contribution in [3.63, 3.8) is 0 Å². The van der Waals surface area contributed by atoms with Crippen LogP contribution in [0.3, 0.4) is 0 Å². The first-order valence-electron chi connectivity index (χ1n) is 14.7. The number of methoxy groups -OCH3 is 1. The number of carbonyl (C=O) groups excluding carboxylic acids is 3. The summed E-state index contributed by atoms with van der Waals surface area (Å²) < 4.78 is 15.6. The van der Waals surface area contributed by atoms with E-state index in [1.807, 2.05) is 20.5 Å². The van der Waals surface area contributed by atoms with Crippen molar-refractivity contribution >= 4 is 25.9 Å². The molecule has 0 radical (unpaired) electrons. The highest BCUT2D eigenvalue weighted by Crippen LogP contribution is 2.31. The Labute approximate surface area is 240 Å². The van der Waals surface area contributed by atoms with Gasteiger partial charge in [0, 0.05) is 53.2 Å². The summed E-state index contributed by atoms with van der Waals surface area (Å²) in [4.78, 5) is 33.9. The van der Waals surface area contributed by atoms with E-state index in [0.29, 0.717) is 32.2 Å². The van der Waals surface area contributed by atoms with Crippen molar-refractivity contribution < 1.29 is 28.4 Å². The maximum atomic E-state index is 11.7. The van der Waals surface area contributed by atoms with E-state index in [4.69, 9.17) is 19.7 Å². The Morgan fingerprint density at radius 2 is 1.31 bits per heavy atom. The summed E-state index contributed by atoms with van der Waals surface area (Å²) in [6, 6.07) is 0. The van der Waals surface area contributed by atoms with Crippen molar-refractivity contribution in [1.29, 1.82) is 0 Å². The largest absolute Gasteiger partial charge is 0.385 e. The van der Waals surface area contributed by atoms with Crippen LogP contribution in [-0.2, 0) is 28.4 Å². The second kappa shape index (κ2) is 28.3. The molecule has 232 valence electrons. The van der Waals surface area contributed by atoms with Gasteiger partial charge in [-0.3, -0.25) is 14.4 Å². The van der Waals surface area contributed by atoms with Gasteiger partial charge in [0.05, 0.1) is 21.1 Å². The maximum Gasteiger partial charge on any atom is 0.219 e. The molecule has 0 aromatic carbocycles. The highest BCUT2D eigenvalue weighted by atomic mass is 31.1. The lowest BCUT2D eigenvalue weighted by atomic mass is 9.90. The molecule has 1 atom stereocenters. The first-order chi connectivity index (χ1) is 18.6. The number of hydrogen-bond acceptors (Lipinski definition) is 6. The molecule has 9 nitrogen and oxygen atoms in total. The van der Waals surface area contributed by atoms with E-state index >= 15 is 0 Å². The fourth-order valence-electron chi connectivity index (χ4n) is 3.68. The van der Waals surface area contributed by atoms with Gasteiger partial charge in [0.1, 0.15) is 0 Å². The third kappa shape index (κ3) is 32.8. The topological polar surface area (TPSA) is 129 Å². The lowest BCUT2D eigenvalue weighted by Gasteiger charge is -2.23. The Balaban J connectivity index is 0. The molecule has 0 aliphatic carbocycles. The van der Waals surface area contributed by atoms with Crippen molar-refractivity contribution in [2.24, 2.45) is 11.1 Å². The van der Waals surface area contributed by atoms with Gasteiger partial charge in [-0.05, 0) is 44.2 Å². The van der Waals surface area contributed by atoms with Crippen LogP contribution in [0.15, 0.2) is 0 Å². The van der Waals surface area contributed by atoms with Crippen LogP contribution in [0.2, 0.25) is 0 Å². The number of hydrogen-bond donors (Lipinski definition) is 3.